The molecule has 1 N–H and O–H groups in total. The standard InChI is InChI=1S/C17H27NO3S/c1-3-5-15-10-14(11-22-15)16(20)18-8-4-6-17(12-18,13-19)7-9-21-2/h10-11,19H,3-9,12-13H2,1-2H3. The maximum absolute atomic E-state index is 12.7. The summed E-state index contributed by atoms with van der Waals surface area (Å²) in [7, 11) is 1.68. The number of likely N-dealkylation sites (tertiary alicyclic amines) is 1. The van der Waals surface area contributed by atoms with E-state index in [1.54, 1.807) is 18.4 Å². The number of ether oxygens (including phenoxy) is 1. The van der Waals surface area contributed by atoms with Crippen molar-refractivity contribution in [3.05, 3.63) is 21.9 Å². The van der Waals surface area contributed by atoms with E-state index < -0.39 is 0 Å². The average Bonchev–Trinajstić information content (AvgIpc) is 3.01. The van der Waals surface area contributed by atoms with E-state index in [9.17, 15) is 9.90 Å². The molecule has 5 heteroatoms. The molecule has 1 fully saturated rings. The lowest BCUT2D eigenvalue weighted by Gasteiger charge is -2.41. The Kier molecular flexibility index (Phi) is 6.41. The maximum atomic E-state index is 12.7. The van der Waals surface area contributed by atoms with Crippen LogP contribution < -0.4 is 0 Å². The van der Waals surface area contributed by atoms with Crippen LogP contribution in [0, 0.1) is 5.41 Å². The zero-order valence-electron chi connectivity index (χ0n) is 13.6. The Labute approximate surface area is 137 Å². The topological polar surface area (TPSA) is 49.8 Å². The van der Waals surface area contributed by atoms with Gasteiger partial charge < -0.3 is 14.7 Å². The third-order valence-corrected chi connectivity index (χ3v) is 5.51. The van der Waals surface area contributed by atoms with Crippen LogP contribution in [0.3, 0.4) is 0 Å². The van der Waals surface area contributed by atoms with E-state index in [0.717, 1.165) is 44.2 Å². The number of carbonyl (C=O) groups excluding carboxylic acids is 1. The van der Waals surface area contributed by atoms with Crippen molar-refractivity contribution in [3.8, 4) is 0 Å². The lowest BCUT2D eigenvalue weighted by atomic mass is 9.78. The van der Waals surface area contributed by atoms with Gasteiger partial charge >= 0.3 is 0 Å². The minimum absolute atomic E-state index is 0.105. The fourth-order valence-electron chi connectivity index (χ4n) is 3.16. The number of thiophene rings is 1. The van der Waals surface area contributed by atoms with Crippen LogP contribution in [0.4, 0.5) is 0 Å². The van der Waals surface area contributed by atoms with E-state index in [2.05, 4.69) is 6.92 Å². The van der Waals surface area contributed by atoms with Gasteiger partial charge in [0.05, 0.1) is 12.2 Å². The normalized spacial score (nSPS) is 22.0. The van der Waals surface area contributed by atoms with Crippen molar-refractivity contribution in [2.75, 3.05) is 33.4 Å². The molecule has 1 saturated heterocycles. The van der Waals surface area contributed by atoms with Crippen LogP contribution >= 0.6 is 11.3 Å². The van der Waals surface area contributed by atoms with Crippen molar-refractivity contribution in [2.24, 2.45) is 5.41 Å². The molecule has 4 nitrogen and oxygen atoms in total. The van der Waals surface area contributed by atoms with Crippen molar-refractivity contribution in [1.29, 1.82) is 0 Å². The predicted octanol–water partition coefficient (Wildman–Crippen LogP) is 2.95. The first-order valence-corrected chi connectivity index (χ1v) is 8.98. The van der Waals surface area contributed by atoms with Crippen LogP contribution in [-0.4, -0.2) is 49.3 Å². The number of hydrogen-bond acceptors (Lipinski definition) is 4. The van der Waals surface area contributed by atoms with E-state index in [4.69, 9.17) is 4.74 Å². The van der Waals surface area contributed by atoms with E-state index in [0.29, 0.717) is 13.2 Å². The Morgan fingerprint density at radius 2 is 2.36 bits per heavy atom. The average molecular weight is 325 g/mol. The van der Waals surface area contributed by atoms with Gasteiger partial charge in [-0.3, -0.25) is 4.79 Å². The van der Waals surface area contributed by atoms with Crippen LogP contribution in [0.5, 0.6) is 0 Å². The summed E-state index contributed by atoms with van der Waals surface area (Å²) in [5.41, 5.74) is 0.598. The molecule has 1 atom stereocenters. The fraction of sp³-hybridized carbons (Fsp3) is 0.706. The van der Waals surface area contributed by atoms with E-state index >= 15 is 0 Å². The van der Waals surface area contributed by atoms with Crippen LogP contribution in [0.15, 0.2) is 11.4 Å². The zero-order valence-corrected chi connectivity index (χ0v) is 14.5. The third kappa shape index (κ3) is 4.09. The summed E-state index contributed by atoms with van der Waals surface area (Å²) in [5.74, 6) is 0.105. The predicted molar refractivity (Wildman–Crippen MR) is 89.5 cm³/mol. The SMILES string of the molecule is CCCc1cc(C(=O)N2CCCC(CO)(CCOC)C2)cs1. The minimum atomic E-state index is -0.202. The second kappa shape index (κ2) is 8.09. The summed E-state index contributed by atoms with van der Waals surface area (Å²) < 4.78 is 5.17. The molecule has 2 heterocycles. The van der Waals surface area contributed by atoms with Gasteiger partial charge in [-0.15, -0.1) is 11.3 Å². The lowest BCUT2D eigenvalue weighted by Crippen LogP contribution is -2.48. The quantitative estimate of drug-likeness (QED) is 0.838. The largest absolute Gasteiger partial charge is 0.396 e. The first-order chi connectivity index (χ1) is 10.6. The minimum Gasteiger partial charge on any atom is -0.396 e. The summed E-state index contributed by atoms with van der Waals surface area (Å²) in [6.45, 7) is 4.31. The van der Waals surface area contributed by atoms with Crippen LogP contribution in [0.1, 0.15) is 47.8 Å². The fourth-order valence-corrected chi connectivity index (χ4v) is 4.13. The van der Waals surface area contributed by atoms with Crippen LogP contribution in [-0.2, 0) is 11.2 Å². The molecule has 1 unspecified atom stereocenters. The smallest absolute Gasteiger partial charge is 0.254 e. The number of piperidine rings is 1. The molecule has 0 radical (unpaired) electrons. The second-order valence-corrected chi connectivity index (χ2v) is 7.28. The first kappa shape index (κ1) is 17.4. The lowest BCUT2D eigenvalue weighted by molar-refractivity contribution is 0.00900. The van der Waals surface area contributed by atoms with Gasteiger partial charge in [0.1, 0.15) is 0 Å². The Bertz CT molecular complexity index is 488. The molecule has 0 bridgehead atoms. The number of carbonyl (C=O) groups is 1. The molecule has 1 aromatic heterocycles. The molecule has 1 aliphatic rings. The number of aliphatic hydroxyl groups is 1. The first-order valence-electron chi connectivity index (χ1n) is 8.10. The summed E-state index contributed by atoms with van der Waals surface area (Å²) in [5, 5.41) is 11.8. The van der Waals surface area contributed by atoms with Crippen molar-refractivity contribution in [1.82, 2.24) is 4.90 Å². The van der Waals surface area contributed by atoms with Gasteiger partial charge in [0.2, 0.25) is 0 Å². The Balaban J connectivity index is 2.05. The Morgan fingerprint density at radius 3 is 3.05 bits per heavy atom. The van der Waals surface area contributed by atoms with Gasteiger partial charge in [-0.05, 0) is 31.7 Å². The van der Waals surface area contributed by atoms with Crippen LogP contribution in [0.2, 0.25) is 0 Å². The van der Waals surface area contributed by atoms with Gasteiger partial charge in [-0.25, -0.2) is 0 Å². The van der Waals surface area contributed by atoms with Crippen molar-refractivity contribution < 1.29 is 14.6 Å². The van der Waals surface area contributed by atoms with Gasteiger partial charge in [-0.2, -0.15) is 0 Å². The number of aryl methyl sites for hydroxylation is 1. The molecule has 0 aromatic carbocycles. The summed E-state index contributed by atoms with van der Waals surface area (Å²) >= 11 is 1.67. The molecular weight excluding hydrogens is 298 g/mol. The van der Waals surface area contributed by atoms with E-state index in [1.807, 2.05) is 16.3 Å². The Hall–Kier alpha value is -0.910. The molecule has 2 rings (SSSR count). The molecule has 0 spiro atoms. The summed E-state index contributed by atoms with van der Waals surface area (Å²) in [4.78, 5) is 15.9. The highest BCUT2D eigenvalue weighted by Crippen LogP contribution is 2.34. The van der Waals surface area contributed by atoms with Gasteiger partial charge in [0.15, 0.2) is 0 Å². The number of amides is 1. The zero-order chi connectivity index (χ0) is 16.0. The van der Waals surface area contributed by atoms with E-state index in [1.165, 1.54) is 4.88 Å². The monoisotopic (exact) mass is 325 g/mol. The molecule has 1 amide bonds. The molecule has 22 heavy (non-hydrogen) atoms. The molecule has 1 aliphatic heterocycles. The second-order valence-electron chi connectivity index (χ2n) is 6.28. The van der Waals surface area contributed by atoms with E-state index in [-0.39, 0.29) is 17.9 Å². The summed E-state index contributed by atoms with van der Waals surface area (Å²) in [6, 6.07) is 2.03. The van der Waals surface area contributed by atoms with Gasteiger partial charge in [-0.1, -0.05) is 13.3 Å². The maximum Gasteiger partial charge on any atom is 0.254 e. The highest BCUT2D eigenvalue weighted by atomic mass is 32.1. The van der Waals surface area contributed by atoms with Gasteiger partial charge in [0.25, 0.3) is 5.91 Å². The molecular formula is C17H27NO3S. The van der Waals surface area contributed by atoms with Gasteiger partial charge in [0, 0.05) is 42.5 Å². The molecule has 124 valence electrons. The number of rotatable bonds is 7. The third-order valence-electron chi connectivity index (χ3n) is 4.52. The summed E-state index contributed by atoms with van der Waals surface area (Å²) in [6.07, 6.45) is 4.84. The molecule has 1 aromatic rings. The molecule has 0 saturated carbocycles. The van der Waals surface area contributed by atoms with Crippen molar-refractivity contribution >= 4 is 17.2 Å². The number of hydrogen-bond donors (Lipinski definition) is 1. The number of aliphatic hydroxyl groups excluding tert-OH is 1. The van der Waals surface area contributed by atoms with Crippen LogP contribution in [0.25, 0.3) is 0 Å². The van der Waals surface area contributed by atoms with Crippen molar-refractivity contribution in [3.63, 3.8) is 0 Å². The number of nitrogens with zero attached hydrogens (tertiary/aromatic N) is 1. The highest BCUT2D eigenvalue weighted by Gasteiger charge is 2.36. The number of methoxy groups -OCH3 is 1. The highest BCUT2D eigenvalue weighted by molar-refractivity contribution is 7.10. The van der Waals surface area contributed by atoms with Crippen molar-refractivity contribution in [2.45, 2.75) is 39.0 Å². The molecule has 0 aliphatic carbocycles. The Morgan fingerprint density at radius 1 is 1.55 bits per heavy atom.